The molecule has 2 rings (SSSR count). The van der Waals surface area contributed by atoms with Crippen LogP contribution >= 0.6 is 0 Å². The zero-order chi connectivity index (χ0) is 13.0. The number of hydrogen-bond donors (Lipinski definition) is 2. The van der Waals surface area contributed by atoms with E-state index in [0.717, 1.165) is 25.8 Å². The van der Waals surface area contributed by atoms with Crippen LogP contribution in [-0.4, -0.2) is 37.2 Å². The lowest BCUT2D eigenvalue weighted by Gasteiger charge is -2.30. The normalized spacial score (nSPS) is 36.6. The molecule has 0 aromatic rings. The number of carbonyl (C=O) groups excluding carboxylic acids is 1. The van der Waals surface area contributed by atoms with Crippen molar-refractivity contribution >= 4 is 5.91 Å². The molecule has 4 heteroatoms. The summed E-state index contributed by atoms with van der Waals surface area (Å²) in [6.07, 6.45) is 5.68. The molecule has 1 saturated carbocycles. The lowest BCUT2D eigenvalue weighted by Crippen LogP contribution is -2.44. The second-order valence-electron chi connectivity index (χ2n) is 5.69. The zero-order valence-corrected chi connectivity index (χ0v) is 11.6. The molecule has 4 nitrogen and oxygen atoms in total. The van der Waals surface area contributed by atoms with E-state index in [-0.39, 0.29) is 17.9 Å². The van der Waals surface area contributed by atoms with E-state index in [1.54, 1.807) is 0 Å². The first-order chi connectivity index (χ1) is 8.69. The summed E-state index contributed by atoms with van der Waals surface area (Å²) in [5.74, 6) is 0.276. The molecule has 2 aliphatic rings. The summed E-state index contributed by atoms with van der Waals surface area (Å²) in [4.78, 5) is 12.1. The summed E-state index contributed by atoms with van der Waals surface area (Å²) >= 11 is 0. The van der Waals surface area contributed by atoms with Crippen LogP contribution in [0.4, 0.5) is 0 Å². The second-order valence-corrected chi connectivity index (χ2v) is 5.69. The van der Waals surface area contributed by atoms with Crippen molar-refractivity contribution in [3.05, 3.63) is 0 Å². The van der Waals surface area contributed by atoms with Gasteiger partial charge in [0, 0.05) is 12.1 Å². The smallest absolute Gasteiger partial charge is 0.225 e. The van der Waals surface area contributed by atoms with E-state index < -0.39 is 0 Å². The third kappa shape index (κ3) is 3.69. The number of ether oxygens (including phenoxy) is 1. The van der Waals surface area contributed by atoms with E-state index in [2.05, 4.69) is 17.6 Å². The average molecular weight is 254 g/mol. The van der Waals surface area contributed by atoms with Gasteiger partial charge in [0.1, 0.15) is 0 Å². The fourth-order valence-electron chi connectivity index (χ4n) is 3.05. The third-order valence-corrected chi connectivity index (χ3v) is 4.14. The van der Waals surface area contributed by atoms with Gasteiger partial charge in [0.25, 0.3) is 0 Å². The van der Waals surface area contributed by atoms with Crippen LogP contribution in [0.25, 0.3) is 0 Å². The summed E-state index contributed by atoms with van der Waals surface area (Å²) < 4.78 is 5.45. The molecule has 0 aromatic heterocycles. The van der Waals surface area contributed by atoms with Crippen LogP contribution in [0.5, 0.6) is 0 Å². The highest BCUT2D eigenvalue weighted by atomic mass is 16.5. The Morgan fingerprint density at radius 2 is 1.89 bits per heavy atom. The lowest BCUT2D eigenvalue weighted by molar-refractivity contribution is -0.125. The van der Waals surface area contributed by atoms with Crippen LogP contribution in [0, 0.1) is 5.92 Å². The van der Waals surface area contributed by atoms with Gasteiger partial charge in [-0.1, -0.05) is 6.92 Å². The van der Waals surface area contributed by atoms with Crippen molar-refractivity contribution in [2.75, 3.05) is 13.2 Å². The first-order valence-electron chi connectivity index (χ1n) is 7.34. The fourth-order valence-corrected chi connectivity index (χ4v) is 3.05. The van der Waals surface area contributed by atoms with Gasteiger partial charge in [-0.15, -0.1) is 0 Å². The number of nitrogens with one attached hydrogen (secondary N) is 2. The van der Waals surface area contributed by atoms with Gasteiger partial charge in [0.05, 0.1) is 18.6 Å². The highest BCUT2D eigenvalue weighted by Crippen LogP contribution is 2.22. The highest BCUT2D eigenvalue weighted by Gasteiger charge is 2.30. The Balaban J connectivity index is 1.69. The molecule has 18 heavy (non-hydrogen) atoms. The molecule has 2 N–H and O–H groups in total. The van der Waals surface area contributed by atoms with Gasteiger partial charge < -0.3 is 15.4 Å². The predicted molar refractivity (Wildman–Crippen MR) is 71.4 cm³/mol. The molecule has 1 amide bonds. The SMILES string of the molecule is CCNC1CCC(NC(=O)C2COC(C)C2)CC1. The number of rotatable bonds is 4. The summed E-state index contributed by atoms with van der Waals surface area (Å²) in [5, 5.41) is 6.68. The number of amides is 1. The fraction of sp³-hybridized carbons (Fsp3) is 0.929. The van der Waals surface area contributed by atoms with E-state index >= 15 is 0 Å². The van der Waals surface area contributed by atoms with Crippen molar-refractivity contribution in [3.63, 3.8) is 0 Å². The van der Waals surface area contributed by atoms with Crippen molar-refractivity contribution in [2.45, 2.75) is 64.1 Å². The first-order valence-corrected chi connectivity index (χ1v) is 7.34. The van der Waals surface area contributed by atoms with E-state index in [1.165, 1.54) is 12.8 Å². The van der Waals surface area contributed by atoms with Crippen molar-refractivity contribution in [3.8, 4) is 0 Å². The molecule has 2 atom stereocenters. The van der Waals surface area contributed by atoms with Gasteiger partial charge in [-0.05, 0) is 45.6 Å². The van der Waals surface area contributed by atoms with Gasteiger partial charge in [0.2, 0.25) is 5.91 Å². The van der Waals surface area contributed by atoms with E-state index in [9.17, 15) is 4.79 Å². The van der Waals surface area contributed by atoms with Gasteiger partial charge in [-0.3, -0.25) is 4.79 Å². The highest BCUT2D eigenvalue weighted by molar-refractivity contribution is 5.79. The van der Waals surface area contributed by atoms with Crippen LogP contribution in [0.1, 0.15) is 46.0 Å². The van der Waals surface area contributed by atoms with E-state index in [1.807, 2.05) is 6.92 Å². The molecule has 104 valence electrons. The van der Waals surface area contributed by atoms with E-state index in [0.29, 0.717) is 18.7 Å². The van der Waals surface area contributed by atoms with Crippen LogP contribution in [-0.2, 0) is 9.53 Å². The average Bonchev–Trinajstić information content (AvgIpc) is 2.79. The monoisotopic (exact) mass is 254 g/mol. The molecule has 1 aliphatic carbocycles. The van der Waals surface area contributed by atoms with Crippen molar-refractivity contribution in [1.29, 1.82) is 0 Å². The van der Waals surface area contributed by atoms with Gasteiger partial charge in [0.15, 0.2) is 0 Å². The summed E-state index contributed by atoms with van der Waals surface area (Å²) in [6, 6.07) is 1.03. The Kier molecular flexibility index (Phi) is 5.01. The van der Waals surface area contributed by atoms with Crippen LogP contribution in [0.2, 0.25) is 0 Å². The Morgan fingerprint density at radius 3 is 2.44 bits per heavy atom. The molecular weight excluding hydrogens is 228 g/mol. The molecule has 0 spiro atoms. The molecule has 0 bridgehead atoms. The molecule has 0 aromatic carbocycles. The Labute approximate surface area is 110 Å². The maximum absolute atomic E-state index is 12.1. The predicted octanol–water partition coefficient (Wildman–Crippen LogP) is 1.45. The maximum atomic E-state index is 12.1. The molecule has 2 fully saturated rings. The third-order valence-electron chi connectivity index (χ3n) is 4.14. The lowest BCUT2D eigenvalue weighted by atomic mass is 9.90. The first kappa shape index (κ1) is 13.8. The minimum Gasteiger partial charge on any atom is -0.378 e. The standard InChI is InChI=1S/C14H26N2O2/c1-3-15-12-4-6-13(7-5-12)16-14(17)11-8-10(2)18-9-11/h10-13,15H,3-9H2,1-2H3,(H,16,17). The minimum absolute atomic E-state index is 0.0755. The van der Waals surface area contributed by atoms with Crippen LogP contribution < -0.4 is 10.6 Å². The molecule has 1 heterocycles. The largest absolute Gasteiger partial charge is 0.378 e. The maximum Gasteiger partial charge on any atom is 0.225 e. The summed E-state index contributed by atoms with van der Waals surface area (Å²) in [7, 11) is 0. The topological polar surface area (TPSA) is 50.4 Å². The molecular formula is C14H26N2O2. The number of hydrogen-bond acceptors (Lipinski definition) is 3. The molecule has 1 saturated heterocycles. The quantitative estimate of drug-likeness (QED) is 0.798. The van der Waals surface area contributed by atoms with Gasteiger partial charge in [-0.25, -0.2) is 0 Å². The van der Waals surface area contributed by atoms with Crippen molar-refractivity contribution in [2.24, 2.45) is 5.92 Å². The number of carbonyl (C=O) groups is 1. The van der Waals surface area contributed by atoms with E-state index in [4.69, 9.17) is 4.74 Å². The second kappa shape index (κ2) is 6.53. The Hall–Kier alpha value is -0.610. The Bertz CT molecular complexity index is 275. The molecule has 1 aliphatic heterocycles. The Morgan fingerprint density at radius 1 is 1.22 bits per heavy atom. The van der Waals surface area contributed by atoms with Crippen LogP contribution in [0.3, 0.4) is 0 Å². The minimum atomic E-state index is 0.0755. The zero-order valence-electron chi connectivity index (χ0n) is 11.6. The summed E-state index contributed by atoms with van der Waals surface area (Å²) in [6.45, 7) is 5.82. The van der Waals surface area contributed by atoms with Crippen molar-refractivity contribution < 1.29 is 9.53 Å². The summed E-state index contributed by atoms with van der Waals surface area (Å²) in [5.41, 5.74) is 0. The van der Waals surface area contributed by atoms with Crippen LogP contribution in [0.15, 0.2) is 0 Å². The van der Waals surface area contributed by atoms with Gasteiger partial charge in [-0.2, -0.15) is 0 Å². The van der Waals surface area contributed by atoms with Crippen molar-refractivity contribution in [1.82, 2.24) is 10.6 Å². The molecule has 2 unspecified atom stereocenters. The van der Waals surface area contributed by atoms with Gasteiger partial charge >= 0.3 is 0 Å². The molecule has 0 radical (unpaired) electrons.